The molecule has 0 radical (unpaired) electrons. The zero-order valence-corrected chi connectivity index (χ0v) is 47.6. The van der Waals surface area contributed by atoms with Crippen LogP contribution in [0.15, 0.2) is 60.7 Å². The number of carbonyl (C=O) groups excluding carboxylic acids is 4. The second-order valence-corrected chi connectivity index (χ2v) is 24.5. The van der Waals surface area contributed by atoms with Crippen molar-refractivity contribution in [1.82, 2.24) is 10.6 Å². The van der Waals surface area contributed by atoms with Crippen molar-refractivity contribution >= 4 is 68.7 Å². The number of rotatable bonds is 4. The molecule has 2 aliphatic heterocycles. The van der Waals surface area contributed by atoms with Gasteiger partial charge in [0.15, 0.2) is 0 Å². The number of halogens is 14. The third kappa shape index (κ3) is 12.9. The monoisotopic (exact) mass is 1360 g/mol. The van der Waals surface area contributed by atoms with Crippen LogP contribution in [0.5, 0.6) is 0 Å². The molecular weight excluding hydrogens is 1280 g/mol. The van der Waals surface area contributed by atoms with Gasteiger partial charge >= 0.3 is 24.7 Å². The number of carbonyl (C=O) groups is 4. The third-order valence-corrected chi connectivity index (χ3v) is 20.7. The first-order valence-electron chi connectivity index (χ1n) is 26.0. The molecule has 4 N–H and O–H groups in total. The summed E-state index contributed by atoms with van der Waals surface area (Å²) < 4.78 is 153. The van der Waals surface area contributed by atoms with Crippen LogP contribution in [0.1, 0.15) is 147 Å². The Hall–Kier alpha value is -3.38. The van der Waals surface area contributed by atoms with Crippen LogP contribution >= 0.6 is 45.2 Å². The highest BCUT2D eigenvalue weighted by molar-refractivity contribution is 14.1. The first-order chi connectivity index (χ1) is 35.6. The molecule has 79 heavy (non-hydrogen) atoms. The third-order valence-electron chi connectivity index (χ3n) is 19.8. The lowest BCUT2D eigenvalue weighted by Gasteiger charge is -2.58. The second kappa shape index (κ2) is 24.1. The summed E-state index contributed by atoms with van der Waals surface area (Å²) in [5.41, 5.74) is 0.176. The predicted molar refractivity (Wildman–Crippen MR) is 295 cm³/mol. The predicted octanol–water partition coefficient (Wildman–Crippen LogP) is 15.8. The van der Waals surface area contributed by atoms with E-state index in [-0.39, 0.29) is 72.7 Å². The number of nitrogens with two attached hydrogens (primary N) is 1. The Bertz CT molecular complexity index is 2640. The minimum absolute atomic E-state index is 0. The Kier molecular flexibility index (Phi) is 20.2. The maximum absolute atomic E-state index is 13.6. The van der Waals surface area contributed by atoms with Crippen molar-refractivity contribution in [2.75, 3.05) is 4.93 Å². The molecule has 3 amide bonds. The van der Waals surface area contributed by atoms with Crippen LogP contribution in [0.3, 0.4) is 0 Å². The van der Waals surface area contributed by atoms with Gasteiger partial charge in [-0.3, -0.25) is 19.2 Å². The van der Waals surface area contributed by atoms with Crippen molar-refractivity contribution in [3.8, 4) is 0 Å². The van der Waals surface area contributed by atoms with E-state index in [1.54, 1.807) is 12.2 Å². The highest BCUT2D eigenvalue weighted by atomic mass is 127. The number of fused-ring (bicyclic) bond motifs is 10. The minimum Gasteiger partial charge on any atom is -0.369 e. The largest absolute Gasteiger partial charge is 0.417 e. The van der Waals surface area contributed by atoms with Crippen molar-refractivity contribution in [3.63, 3.8) is 0 Å². The van der Waals surface area contributed by atoms with Crippen molar-refractivity contribution in [1.29, 1.82) is 0 Å². The molecule has 0 aromatic heterocycles. The molecule has 8 aliphatic rings. The highest BCUT2D eigenvalue weighted by Gasteiger charge is 2.62. The molecule has 2 aromatic carbocycles. The Morgan fingerprint density at radius 3 is 1.37 bits per heavy atom. The summed E-state index contributed by atoms with van der Waals surface area (Å²) in [6, 6.07) is 3.02. The fourth-order valence-electron chi connectivity index (χ4n) is 16.1. The van der Waals surface area contributed by atoms with Crippen molar-refractivity contribution in [3.05, 3.63) is 92.1 Å². The summed E-state index contributed by atoms with van der Waals surface area (Å²) in [5, 5.41) is 6.28. The normalized spacial score (nSPS) is 35.0. The fourth-order valence-corrected chi connectivity index (χ4v) is 16.9. The summed E-state index contributed by atoms with van der Waals surface area (Å²) in [7, 11) is 0. The van der Waals surface area contributed by atoms with Crippen LogP contribution in [0, 0.1) is 72.6 Å². The van der Waals surface area contributed by atoms with Gasteiger partial charge in [0.2, 0.25) is 17.7 Å². The van der Waals surface area contributed by atoms with Gasteiger partial charge in [-0.1, -0.05) is 77.3 Å². The average Bonchev–Trinajstić information content (AvgIpc) is 3.94. The summed E-state index contributed by atoms with van der Waals surface area (Å²) in [4.78, 5) is 51.0. The Labute approximate surface area is 482 Å². The number of hydrogen-bond donors (Lipinski definition) is 3. The molecular formula is C58H73F12I2N3O4. The molecule has 10 rings (SSSR count). The van der Waals surface area contributed by atoms with Gasteiger partial charge in [-0.25, -0.2) is 0 Å². The first-order valence-corrected chi connectivity index (χ1v) is 29.3. The van der Waals surface area contributed by atoms with Gasteiger partial charge in [0.25, 0.3) is 0 Å². The SMILES string of the molecule is C.C.CI.C[C@]12C=CC(=O)N[C@@H]1CC[C@@H]1[C@@H]2CC[C@]2(C)[C@@H](C(=O)Cc3cc(C(F)(F)F)ccc3C(F)(F)F)CC[C@@H]12.C[C@]12C=CC(=O)N[C@@H]1CC[C@@H]1[C@@H]2CC[C@]2(C)[C@@H](C(N)=O)CC[C@@H]12.FC(F)(F)c1ccc(C(F)(F)F)c(I)c1. The van der Waals surface area contributed by atoms with E-state index in [0.717, 1.165) is 64.2 Å². The number of nitrogens with one attached hydrogen (secondary N) is 2. The van der Waals surface area contributed by atoms with Gasteiger partial charge in [-0.05, 0) is 205 Å². The molecule has 442 valence electrons. The van der Waals surface area contributed by atoms with E-state index in [4.69, 9.17) is 5.73 Å². The van der Waals surface area contributed by atoms with Gasteiger partial charge in [0.05, 0.1) is 22.3 Å². The minimum atomic E-state index is -4.85. The number of alkyl halides is 13. The van der Waals surface area contributed by atoms with E-state index in [0.29, 0.717) is 72.4 Å². The van der Waals surface area contributed by atoms with Crippen molar-refractivity contribution in [2.24, 2.45) is 74.7 Å². The topological polar surface area (TPSA) is 118 Å². The van der Waals surface area contributed by atoms with Crippen LogP contribution in [0.4, 0.5) is 52.7 Å². The Morgan fingerprint density at radius 2 is 0.962 bits per heavy atom. The molecule has 0 unspecified atom stereocenters. The quantitative estimate of drug-likeness (QED) is 0.161. The zero-order valence-electron chi connectivity index (χ0n) is 43.2. The zero-order chi connectivity index (χ0) is 57.2. The van der Waals surface area contributed by atoms with E-state index < -0.39 is 79.6 Å². The maximum atomic E-state index is 13.6. The fraction of sp³-hybridized carbons (Fsp3) is 0.655. The number of hydrogen-bond acceptors (Lipinski definition) is 4. The van der Waals surface area contributed by atoms with Gasteiger partial charge in [0.1, 0.15) is 5.78 Å². The lowest BCUT2D eigenvalue weighted by molar-refractivity contribution is -0.142. The van der Waals surface area contributed by atoms with E-state index in [1.807, 2.05) is 17.9 Å². The Balaban J connectivity index is 0.000000233. The van der Waals surface area contributed by atoms with Crippen molar-refractivity contribution in [2.45, 2.75) is 163 Å². The second-order valence-electron chi connectivity index (χ2n) is 23.4. The van der Waals surface area contributed by atoms with Crippen LogP contribution < -0.4 is 16.4 Å². The molecule has 14 atom stereocenters. The van der Waals surface area contributed by atoms with Crippen LogP contribution in [0.2, 0.25) is 0 Å². The molecule has 0 bridgehead atoms. The summed E-state index contributed by atoms with van der Waals surface area (Å²) in [5.74, 6) is 1.81. The van der Waals surface area contributed by atoms with Gasteiger partial charge in [-0.2, -0.15) is 52.7 Å². The molecule has 0 spiro atoms. The van der Waals surface area contributed by atoms with Gasteiger partial charge < -0.3 is 16.4 Å². The molecule has 6 fully saturated rings. The summed E-state index contributed by atoms with van der Waals surface area (Å²) in [6.07, 6.45) is -0.820. The average molecular weight is 1360 g/mol. The van der Waals surface area contributed by atoms with Crippen LogP contribution in [0.25, 0.3) is 0 Å². The standard InChI is InChI=1S/C28H31F6NO2.C19H28N2O2.C8H3F6I.CH3I.2CH4/c1-25-11-9-20-17(4-8-23-26(20,2)12-10-24(37)35-23)19(25)6-7-21(25)22(36)14-15-13-16(27(29,30)31)3-5-18(15)28(32,33)34;1-18-9-7-13-11(12(18)4-5-14(18)17(20)23)3-6-15-19(13,2)10-8-16(22)21-15;9-7(10,11)4-1-2-5(6(15)3-4)8(12,13)14;1-2;;/h3,5,10,12-13,17,19-21,23H,4,6-9,11,14H2,1-2H3,(H,35,37);8,10-15H,3-7,9H2,1-2H3,(H2,20,23)(H,21,22);1-3H;1H3;2*1H4/t17-,19-,20-,21+,23+,25-,26+;11-,12-,13-,14+,15+,18-,19+;;;;/m00..../s1. The number of Topliss-reactive ketones (excluding diaryl/α,β-unsaturated/α-hetero) is 1. The highest BCUT2D eigenvalue weighted by Crippen LogP contribution is 2.67. The Morgan fingerprint density at radius 1 is 0.557 bits per heavy atom. The molecule has 7 nitrogen and oxygen atoms in total. The maximum Gasteiger partial charge on any atom is 0.417 e. The number of primary amides is 1. The first kappa shape index (κ1) is 66.4. The van der Waals surface area contributed by atoms with Crippen LogP contribution in [-0.4, -0.2) is 40.5 Å². The molecule has 2 aromatic rings. The summed E-state index contributed by atoms with van der Waals surface area (Å²) >= 11 is 3.38. The van der Waals surface area contributed by atoms with E-state index in [9.17, 15) is 71.9 Å². The van der Waals surface area contributed by atoms with E-state index in [1.165, 1.54) is 29.0 Å². The van der Waals surface area contributed by atoms with Crippen LogP contribution in [-0.2, 0) is 50.3 Å². The van der Waals surface area contributed by atoms with E-state index in [2.05, 4.69) is 60.1 Å². The number of benzene rings is 2. The van der Waals surface area contributed by atoms with Crippen molar-refractivity contribution < 1.29 is 71.9 Å². The number of ketones is 1. The molecule has 6 saturated carbocycles. The smallest absolute Gasteiger partial charge is 0.369 e. The molecule has 21 heteroatoms. The molecule has 2 heterocycles. The van der Waals surface area contributed by atoms with Gasteiger partial charge in [-0.15, -0.1) is 0 Å². The summed E-state index contributed by atoms with van der Waals surface area (Å²) in [6.45, 7) is 8.86. The van der Waals surface area contributed by atoms with E-state index >= 15 is 0 Å². The lowest BCUT2D eigenvalue weighted by atomic mass is 9.47. The van der Waals surface area contributed by atoms with Gasteiger partial charge in [0, 0.05) is 44.7 Å². The number of amides is 3. The molecule has 6 aliphatic carbocycles. The lowest BCUT2D eigenvalue weighted by Crippen LogP contribution is -2.59. The molecule has 0 saturated heterocycles.